The van der Waals surface area contributed by atoms with Crippen LogP contribution in [0.3, 0.4) is 0 Å². The lowest BCUT2D eigenvalue weighted by Gasteiger charge is -2.06. The van der Waals surface area contributed by atoms with E-state index >= 15 is 0 Å². The van der Waals surface area contributed by atoms with E-state index in [-0.39, 0.29) is 17.0 Å². The minimum Gasteiger partial charge on any atom is -0.493 e. The molecule has 0 aliphatic carbocycles. The molecule has 19 heavy (non-hydrogen) atoms. The lowest BCUT2D eigenvalue weighted by atomic mass is 10.0. The van der Waals surface area contributed by atoms with Gasteiger partial charge in [-0.1, -0.05) is 30.3 Å². The number of aromatic hydroxyl groups is 1. The molecule has 4 nitrogen and oxygen atoms in total. The molecule has 5 heteroatoms. The Morgan fingerprint density at radius 3 is 2.53 bits per heavy atom. The third kappa shape index (κ3) is 1.14. The van der Waals surface area contributed by atoms with Gasteiger partial charge in [-0.05, 0) is 11.5 Å². The molecule has 88 valence electrons. The molecule has 2 heterocycles. The Labute approximate surface area is 108 Å². The van der Waals surface area contributed by atoms with Gasteiger partial charge < -0.3 is 5.11 Å². The van der Waals surface area contributed by atoms with Gasteiger partial charge in [0, 0.05) is 21.8 Å². The van der Waals surface area contributed by atoms with Crippen LogP contribution < -0.4 is 11.2 Å². The number of rotatable bonds is 0. The van der Waals surface area contributed by atoms with E-state index in [1.165, 1.54) is 0 Å². The van der Waals surface area contributed by atoms with Gasteiger partial charge >= 0.3 is 0 Å². The van der Waals surface area contributed by atoms with E-state index < -0.39 is 0 Å². The van der Waals surface area contributed by atoms with E-state index in [4.69, 9.17) is 7.85 Å². The molecular weight excluding hydrogens is 239 g/mol. The smallest absolute Gasteiger partial charge is 0.267 e. The number of nitrogens with zero attached hydrogens (tertiary/aromatic N) is 2. The van der Waals surface area contributed by atoms with E-state index in [9.17, 15) is 9.90 Å². The summed E-state index contributed by atoms with van der Waals surface area (Å²) in [6.07, 6.45) is 0. The summed E-state index contributed by atoms with van der Waals surface area (Å²) in [4.78, 5) is 16.5. The average molecular weight is 246 g/mol. The minimum absolute atomic E-state index is 0.0341. The normalized spacial score (nSPS) is 11.8. The first-order valence-electron chi connectivity index (χ1n) is 5.82. The van der Waals surface area contributed by atoms with Gasteiger partial charge in [-0.15, -0.1) is 0 Å². The van der Waals surface area contributed by atoms with E-state index in [0.29, 0.717) is 11.0 Å². The van der Waals surface area contributed by atoms with Crippen LogP contribution in [0.4, 0.5) is 0 Å². The van der Waals surface area contributed by atoms with Crippen LogP contribution in [0.1, 0.15) is 0 Å². The van der Waals surface area contributed by atoms with Crippen LogP contribution in [-0.2, 0) is 0 Å². The second kappa shape index (κ2) is 3.26. The van der Waals surface area contributed by atoms with E-state index in [1.54, 1.807) is 6.07 Å². The summed E-state index contributed by atoms with van der Waals surface area (Å²) in [6, 6.07) is 11.2. The predicted octanol–water partition coefficient (Wildman–Crippen LogP) is 0.938. The number of aromatic nitrogens is 2. The Balaban J connectivity index is 2.51. The van der Waals surface area contributed by atoms with Gasteiger partial charge in [-0.3, -0.25) is 4.79 Å². The Morgan fingerprint density at radius 1 is 1.11 bits per heavy atom. The molecule has 0 aliphatic rings. The van der Waals surface area contributed by atoms with Crippen molar-refractivity contribution in [2.24, 2.45) is 0 Å². The van der Waals surface area contributed by atoms with Crippen molar-refractivity contribution >= 4 is 40.6 Å². The fourth-order valence-electron chi connectivity index (χ4n) is 2.63. The highest BCUT2D eigenvalue weighted by atomic mass is 16.3. The molecule has 0 aliphatic heterocycles. The maximum Gasteiger partial charge on any atom is 0.267 e. The van der Waals surface area contributed by atoms with Crippen LogP contribution in [0, 0.1) is 0 Å². The molecule has 1 N–H and O–H groups in total. The summed E-state index contributed by atoms with van der Waals surface area (Å²) in [5.41, 5.74) is 0.0541. The summed E-state index contributed by atoms with van der Waals surface area (Å²) in [7, 11) is 5.61. The Kier molecular flexibility index (Phi) is 1.78. The summed E-state index contributed by atoms with van der Waals surface area (Å²) in [5, 5.41) is 13.1. The molecule has 4 aromatic rings. The van der Waals surface area contributed by atoms with Crippen LogP contribution >= 0.6 is 0 Å². The molecule has 0 atom stereocenters. The van der Waals surface area contributed by atoms with Gasteiger partial charge in [0.2, 0.25) is 5.88 Å². The van der Waals surface area contributed by atoms with Crippen molar-refractivity contribution in [2.45, 2.75) is 0 Å². The molecule has 0 spiro atoms. The summed E-state index contributed by atoms with van der Waals surface area (Å²) < 4.78 is 1.16. The zero-order valence-corrected chi connectivity index (χ0v) is 9.79. The lowest BCUT2D eigenvalue weighted by molar-refractivity contribution is 0.451. The van der Waals surface area contributed by atoms with Crippen molar-refractivity contribution in [1.29, 1.82) is 0 Å². The summed E-state index contributed by atoms with van der Waals surface area (Å²) >= 11 is 0. The third-order valence-electron chi connectivity index (χ3n) is 3.46. The summed E-state index contributed by atoms with van der Waals surface area (Å²) in [5.74, 6) is -0.300. The van der Waals surface area contributed by atoms with E-state index in [1.807, 2.05) is 30.3 Å². The number of fused-ring (bicyclic) bond motifs is 2. The molecule has 0 unspecified atom stereocenters. The highest BCUT2D eigenvalue weighted by Crippen LogP contribution is 2.27. The number of imidazole rings is 1. The van der Waals surface area contributed by atoms with Gasteiger partial charge in [0.1, 0.15) is 13.5 Å². The molecule has 0 saturated carbocycles. The van der Waals surface area contributed by atoms with Gasteiger partial charge in [0.15, 0.2) is 0 Å². The molecule has 2 radical (unpaired) electrons. The highest BCUT2D eigenvalue weighted by Gasteiger charge is 2.16. The quantitative estimate of drug-likeness (QED) is 0.470. The Hall–Kier alpha value is -2.56. The number of pyridine rings is 1. The van der Waals surface area contributed by atoms with Crippen LogP contribution in [0.5, 0.6) is 5.88 Å². The van der Waals surface area contributed by atoms with E-state index in [2.05, 4.69) is 4.98 Å². The predicted molar refractivity (Wildman–Crippen MR) is 74.7 cm³/mol. The van der Waals surface area contributed by atoms with Gasteiger partial charge in [-0.2, -0.15) is 0 Å². The average Bonchev–Trinajstić information content (AvgIpc) is 2.72. The maximum absolute atomic E-state index is 12.4. The Morgan fingerprint density at radius 2 is 1.79 bits per heavy atom. The molecule has 2 aromatic carbocycles. The fraction of sp³-hybridized carbons (Fsp3) is 0. The first-order chi connectivity index (χ1) is 9.18. The van der Waals surface area contributed by atoms with Crippen molar-refractivity contribution in [3.05, 3.63) is 46.8 Å². The van der Waals surface area contributed by atoms with Crippen molar-refractivity contribution in [3.8, 4) is 5.88 Å². The molecule has 0 fully saturated rings. The first-order valence-corrected chi connectivity index (χ1v) is 5.82. The van der Waals surface area contributed by atoms with E-state index in [0.717, 1.165) is 20.6 Å². The fourth-order valence-corrected chi connectivity index (χ4v) is 2.63. The largest absolute Gasteiger partial charge is 0.493 e. The number of benzene rings is 2. The lowest BCUT2D eigenvalue weighted by Crippen LogP contribution is -2.13. The van der Waals surface area contributed by atoms with Gasteiger partial charge in [0.05, 0.1) is 0 Å². The highest BCUT2D eigenvalue weighted by molar-refractivity contribution is 6.33. The standard InChI is InChI=1S/C14H7BN2O2/c15-11-14(19)17-12(16-11)8-5-1-3-7-4-2-6-9(10(7)8)13(17)18/h1-6,19H. The Bertz CT molecular complexity index is 1000. The van der Waals surface area contributed by atoms with Crippen molar-refractivity contribution < 1.29 is 5.11 Å². The number of hydrogen-bond acceptors (Lipinski definition) is 3. The van der Waals surface area contributed by atoms with Crippen LogP contribution in [0.15, 0.2) is 41.2 Å². The monoisotopic (exact) mass is 246 g/mol. The molecule has 0 bridgehead atoms. The molecule has 4 rings (SSSR count). The van der Waals surface area contributed by atoms with Gasteiger partial charge in [0.25, 0.3) is 5.56 Å². The second-order valence-electron chi connectivity index (χ2n) is 4.49. The van der Waals surface area contributed by atoms with Crippen molar-refractivity contribution in [1.82, 2.24) is 9.38 Å². The minimum atomic E-state index is -0.305. The second-order valence-corrected chi connectivity index (χ2v) is 4.49. The zero-order chi connectivity index (χ0) is 13.1. The topological polar surface area (TPSA) is 54.6 Å². The maximum atomic E-state index is 12.4. The van der Waals surface area contributed by atoms with Crippen molar-refractivity contribution in [3.63, 3.8) is 0 Å². The van der Waals surface area contributed by atoms with Crippen LogP contribution in [0.2, 0.25) is 0 Å². The molecule has 0 amide bonds. The number of hydrogen-bond donors (Lipinski definition) is 1. The molecule has 0 saturated heterocycles. The first kappa shape index (κ1) is 10.4. The van der Waals surface area contributed by atoms with Crippen LogP contribution in [0.25, 0.3) is 27.2 Å². The zero-order valence-electron chi connectivity index (χ0n) is 9.79. The molecular formula is C14H7BN2O2. The SMILES string of the molecule is [B]c1nc2c3cccc4cccc(c(=O)n2c1O)c43. The molecule has 2 aromatic heterocycles. The van der Waals surface area contributed by atoms with Gasteiger partial charge in [-0.25, -0.2) is 9.38 Å². The van der Waals surface area contributed by atoms with Crippen LogP contribution in [-0.4, -0.2) is 22.3 Å². The van der Waals surface area contributed by atoms with Crippen molar-refractivity contribution in [2.75, 3.05) is 0 Å². The summed E-state index contributed by atoms with van der Waals surface area (Å²) in [6.45, 7) is 0. The third-order valence-corrected chi connectivity index (χ3v) is 3.46.